The number of carboxylic acid groups (broad SMARTS) is 1. The SMILES string of the molecule is CC1(C)Cc2c(sc3c(nc(SCC(=O)O)n3Cc3ccccc3)c2=O)CO1. The van der Waals surface area contributed by atoms with Crippen LogP contribution in [0.5, 0.6) is 0 Å². The molecule has 0 bridgehead atoms. The van der Waals surface area contributed by atoms with Crippen molar-refractivity contribution < 1.29 is 14.6 Å². The van der Waals surface area contributed by atoms with Crippen molar-refractivity contribution in [3.05, 3.63) is 56.6 Å². The van der Waals surface area contributed by atoms with Crippen LogP contribution in [-0.4, -0.2) is 32.0 Å². The van der Waals surface area contributed by atoms with Crippen LogP contribution in [0.2, 0.25) is 0 Å². The zero-order valence-electron chi connectivity index (χ0n) is 15.6. The Kier molecular flexibility index (Phi) is 5.03. The second-order valence-corrected chi connectivity index (χ2v) is 9.39. The van der Waals surface area contributed by atoms with E-state index >= 15 is 0 Å². The number of fused-ring (bicyclic) bond motifs is 2. The number of thioether (sulfide) groups is 1. The summed E-state index contributed by atoms with van der Waals surface area (Å²) >= 11 is 2.66. The maximum Gasteiger partial charge on any atom is 0.313 e. The molecule has 4 rings (SSSR count). The van der Waals surface area contributed by atoms with Gasteiger partial charge >= 0.3 is 5.97 Å². The smallest absolute Gasteiger partial charge is 0.313 e. The highest BCUT2D eigenvalue weighted by molar-refractivity contribution is 7.99. The topological polar surface area (TPSA) is 81.4 Å². The van der Waals surface area contributed by atoms with Crippen LogP contribution in [0.3, 0.4) is 0 Å². The van der Waals surface area contributed by atoms with Gasteiger partial charge < -0.3 is 14.4 Å². The van der Waals surface area contributed by atoms with Gasteiger partial charge in [-0.25, -0.2) is 4.98 Å². The van der Waals surface area contributed by atoms with Crippen LogP contribution in [0.15, 0.2) is 40.3 Å². The predicted octanol–water partition coefficient (Wildman–Crippen LogP) is 3.53. The molecule has 0 fully saturated rings. The molecule has 0 unspecified atom stereocenters. The van der Waals surface area contributed by atoms with Gasteiger partial charge in [-0.05, 0) is 19.4 Å². The van der Waals surface area contributed by atoms with Gasteiger partial charge in [-0.1, -0.05) is 42.1 Å². The van der Waals surface area contributed by atoms with Crippen molar-refractivity contribution in [2.75, 3.05) is 5.75 Å². The summed E-state index contributed by atoms with van der Waals surface area (Å²) in [6.45, 7) is 4.89. The lowest BCUT2D eigenvalue weighted by molar-refractivity contribution is -0.133. The van der Waals surface area contributed by atoms with Gasteiger partial charge in [-0.3, -0.25) is 9.59 Å². The number of carbonyl (C=O) groups is 1. The Morgan fingerprint density at radius 1 is 1.36 bits per heavy atom. The molecule has 0 spiro atoms. The van der Waals surface area contributed by atoms with E-state index in [4.69, 9.17) is 9.84 Å². The summed E-state index contributed by atoms with van der Waals surface area (Å²) in [6, 6.07) is 9.87. The lowest BCUT2D eigenvalue weighted by Crippen LogP contribution is -2.34. The van der Waals surface area contributed by atoms with Crippen LogP contribution in [-0.2, 0) is 29.1 Å². The van der Waals surface area contributed by atoms with Gasteiger partial charge in [-0.15, -0.1) is 11.3 Å². The number of carboxylic acids is 1. The van der Waals surface area contributed by atoms with Crippen molar-refractivity contribution in [2.45, 2.75) is 44.2 Å². The molecule has 1 aliphatic heterocycles. The molecular weight excluding hydrogens is 396 g/mol. The molecule has 1 N–H and O–H groups in total. The summed E-state index contributed by atoms with van der Waals surface area (Å²) in [5.74, 6) is -1.02. The Bertz CT molecular complexity index is 1100. The molecule has 3 heterocycles. The summed E-state index contributed by atoms with van der Waals surface area (Å²) in [5.41, 5.74) is 1.82. The number of aliphatic carboxylic acids is 1. The van der Waals surface area contributed by atoms with Crippen LogP contribution in [0.1, 0.15) is 29.9 Å². The average molecular weight is 417 g/mol. The minimum absolute atomic E-state index is 0.0656. The first-order valence-corrected chi connectivity index (χ1v) is 10.7. The van der Waals surface area contributed by atoms with E-state index in [1.165, 1.54) is 11.3 Å². The van der Waals surface area contributed by atoms with Crippen LogP contribution in [0.4, 0.5) is 0 Å². The van der Waals surface area contributed by atoms with Gasteiger partial charge in [0.1, 0.15) is 10.3 Å². The fraction of sp³-hybridized carbons (Fsp3) is 0.350. The number of benzene rings is 1. The minimum atomic E-state index is -0.913. The van der Waals surface area contributed by atoms with E-state index in [1.54, 1.807) is 0 Å². The summed E-state index contributed by atoms with van der Waals surface area (Å²) in [6.07, 6.45) is 0.552. The third kappa shape index (κ3) is 3.72. The van der Waals surface area contributed by atoms with Gasteiger partial charge in [0.2, 0.25) is 5.43 Å². The van der Waals surface area contributed by atoms with E-state index in [0.717, 1.165) is 32.6 Å². The maximum absolute atomic E-state index is 13.2. The number of ether oxygens (including phenoxy) is 1. The lowest BCUT2D eigenvalue weighted by Gasteiger charge is -2.30. The zero-order chi connectivity index (χ0) is 19.9. The Morgan fingerprint density at radius 3 is 2.82 bits per heavy atom. The predicted molar refractivity (Wildman–Crippen MR) is 110 cm³/mol. The third-order valence-corrected chi connectivity index (χ3v) is 6.82. The first kappa shape index (κ1) is 19.2. The number of imidazole rings is 1. The van der Waals surface area contributed by atoms with Crippen molar-refractivity contribution in [1.29, 1.82) is 0 Å². The Labute approximate surface area is 170 Å². The van der Waals surface area contributed by atoms with E-state index in [2.05, 4.69) is 4.98 Å². The molecule has 0 amide bonds. The fourth-order valence-corrected chi connectivity index (χ4v) is 5.21. The number of aromatic nitrogens is 2. The molecule has 0 saturated heterocycles. The van der Waals surface area contributed by atoms with Gasteiger partial charge in [0.05, 0.1) is 24.5 Å². The van der Waals surface area contributed by atoms with Crippen molar-refractivity contribution in [2.24, 2.45) is 0 Å². The van der Waals surface area contributed by atoms with Crippen molar-refractivity contribution in [3.63, 3.8) is 0 Å². The van der Waals surface area contributed by atoms with E-state index in [0.29, 0.717) is 30.2 Å². The zero-order valence-corrected chi connectivity index (χ0v) is 17.2. The van der Waals surface area contributed by atoms with Crippen molar-refractivity contribution in [1.82, 2.24) is 9.55 Å². The highest BCUT2D eigenvalue weighted by atomic mass is 32.2. The van der Waals surface area contributed by atoms with E-state index in [-0.39, 0.29) is 16.8 Å². The van der Waals surface area contributed by atoms with E-state index in [9.17, 15) is 9.59 Å². The number of rotatable bonds is 5. The Balaban J connectivity index is 1.87. The summed E-state index contributed by atoms with van der Waals surface area (Å²) in [5, 5.41) is 9.63. The molecule has 0 radical (unpaired) electrons. The number of hydrogen-bond donors (Lipinski definition) is 1. The normalized spacial score (nSPS) is 15.5. The molecular formula is C20H20N2O4S2. The first-order valence-electron chi connectivity index (χ1n) is 8.91. The minimum Gasteiger partial charge on any atom is -0.481 e. The van der Waals surface area contributed by atoms with E-state index < -0.39 is 5.97 Å². The highest BCUT2D eigenvalue weighted by Crippen LogP contribution is 2.34. The largest absolute Gasteiger partial charge is 0.481 e. The standard InChI is InChI=1S/C20H20N2O4S2/c1-20(2)8-13-14(10-26-20)28-18-16(17(13)25)21-19(27-11-15(23)24)22(18)9-12-6-4-3-5-7-12/h3-7H,8-11H2,1-2H3,(H,23,24). The maximum atomic E-state index is 13.2. The molecule has 2 aromatic heterocycles. The molecule has 0 aliphatic carbocycles. The second-order valence-electron chi connectivity index (χ2n) is 7.36. The van der Waals surface area contributed by atoms with Gasteiger partial charge in [-0.2, -0.15) is 0 Å². The molecule has 1 aliphatic rings. The number of nitrogens with zero attached hydrogens (tertiary/aromatic N) is 2. The van der Waals surface area contributed by atoms with E-state index in [1.807, 2.05) is 48.7 Å². The molecule has 8 heteroatoms. The number of hydrogen-bond acceptors (Lipinski definition) is 6. The molecule has 28 heavy (non-hydrogen) atoms. The van der Waals surface area contributed by atoms with Crippen LogP contribution in [0, 0.1) is 0 Å². The van der Waals surface area contributed by atoms with Crippen LogP contribution in [0.25, 0.3) is 10.3 Å². The first-order chi connectivity index (χ1) is 13.3. The molecule has 0 saturated carbocycles. The molecule has 3 aromatic rings. The summed E-state index contributed by atoms with van der Waals surface area (Å²) in [7, 11) is 0. The molecule has 146 valence electrons. The van der Waals surface area contributed by atoms with Gasteiger partial charge in [0.25, 0.3) is 0 Å². The molecule has 1 aromatic carbocycles. The Hall–Kier alpha value is -2.16. The molecule has 0 atom stereocenters. The monoisotopic (exact) mass is 416 g/mol. The lowest BCUT2D eigenvalue weighted by atomic mass is 9.96. The summed E-state index contributed by atoms with van der Waals surface area (Å²) < 4.78 is 7.85. The Morgan fingerprint density at radius 2 is 2.11 bits per heavy atom. The second kappa shape index (κ2) is 7.35. The average Bonchev–Trinajstić information content (AvgIpc) is 2.99. The van der Waals surface area contributed by atoms with Crippen molar-refractivity contribution >= 4 is 39.4 Å². The molecule has 6 nitrogen and oxygen atoms in total. The van der Waals surface area contributed by atoms with Gasteiger partial charge in [0.15, 0.2) is 5.16 Å². The van der Waals surface area contributed by atoms with Crippen LogP contribution < -0.4 is 5.43 Å². The summed E-state index contributed by atoms with van der Waals surface area (Å²) in [4.78, 5) is 30.5. The van der Waals surface area contributed by atoms with Gasteiger partial charge in [0, 0.05) is 16.9 Å². The highest BCUT2D eigenvalue weighted by Gasteiger charge is 2.30. The van der Waals surface area contributed by atoms with Crippen molar-refractivity contribution in [3.8, 4) is 0 Å². The van der Waals surface area contributed by atoms with Crippen LogP contribution >= 0.6 is 23.1 Å². The fourth-order valence-electron chi connectivity index (χ4n) is 3.29. The quantitative estimate of drug-likeness (QED) is 0.641. The third-order valence-electron chi connectivity index (χ3n) is 4.64.